The Morgan fingerprint density at radius 3 is 3.00 bits per heavy atom. The first-order chi connectivity index (χ1) is 8.63. The van der Waals surface area contributed by atoms with Crippen LogP contribution in [0.15, 0.2) is 34.4 Å². The molecule has 0 saturated carbocycles. The number of thiophene rings is 1. The van der Waals surface area contributed by atoms with Crippen LogP contribution in [0.1, 0.15) is 15.9 Å². The summed E-state index contributed by atoms with van der Waals surface area (Å²) in [5.41, 5.74) is 0.643. The van der Waals surface area contributed by atoms with E-state index < -0.39 is 0 Å². The van der Waals surface area contributed by atoms with Crippen LogP contribution in [0.4, 0.5) is 5.00 Å². The van der Waals surface area contributed by atoms with Gasteiger partial charge in [0.2, 0.25) is 0 Å². The summed E-state index contributed by atoms with van der Waals surface area (Å²) in [6.45, 7) is 0. The number of carbonyl (C=O) groups excluding carboxylic acids is 1. The highest BCUT2D eigenvalue weighted by Gasteiger charge is 2.18. The van der Waals surface area contributed by atoms with Gasteiger partial charge < -0.3 is 4.90 Å². The van der Waals surface area contributed by atoms with Crippen LogP contribution in [0.3, 0.4) is 0 Å². The number of carbonyl (C=O) groups is 1. The lowest BCUT2D eigenvalue weighted by Gasteiger charge is -2.15. The molecule has 0 fully saturated rings. The Morgan fingerprint density at radius 2 is 2.39 bits per heavy atom. The van der Waals surface area contributed by atoms with E-state index in [0.717, 1.165) is 9.47 Å². The Morgan fingerprint density at radius 1 is 1.61 bits per heavy atom. The van der Waals surface area contributed by atoms with Gasteiger partial charge in [0.05, 0.1) is 16.1 Å². The van der Waals surface area contributed by atoms with Crippen LogP contribution in [0.2, 0.25) is 0 Å². The first-order valence-electron chi connectivity index (χ1n) is 4.99. The predicted molar refractivity (Wildman–Crippen MR) is 73.7 cm³/mol. The molecule has 0 atom stereocenters. The molecule has 4 nitrogen and oxygen atoms in total. The molecule has 0 saturated heterocycles. The molecule has 0 spiro atoms. The lowest BCUT2D eigenvalue weighted by molar-refractivity contribution is 0.0993. The minimum Gasteiger partial charge on any atom is -0.303 e. The molecule has 2 aromatic heterocycles. The van der Waals surface area contributed by atoms with Crippen molar-refractivity contribution in [3.63, 3.8) is 0 Å². The molecular weight excluding hydrogens is 314 g/mol. The van der Waals surface area contributed by atoms with Crippen molar-refractivity contribution in [1.29, 1.82) is 5.26 Å². The number of anilines is 1. The zero-order valence-corrected chi connectivity index (χ0v) is 11.8. The Bertz CT molecular complexity index is 632. The normalized spacial score (nSPS) is 9.83. The number of amides is 1. The number of pyridine rings is 1. The van der Waals surface area contributed by atoms with Crippen molar-refractivity contribution in [3.05, 3.63) is 45.5 Å². The highest BCUT2D eigenvalue weighted by atomic mass is 79.9. The highest BCUT2D eigenvalue weighted by Crippen LogP contribution is 2.28. The SMILES string of the molecule is CN(C(=O)c1cnccc1C#N)c1cc(Br)cs1. The maximum absolute atomic E-state index is 12.3. The number of hydrogen-bond donors (Lipinski definition) is 0. The lowest BCUT2D eigenvalue weighted by atomic mass is 10.1. The zero-order chi connectivity index (χ0) is 13.1. The van der Waals surface area contributed by atoms with Gasteiger partial charge in [-0.05, 0) is 28.1 Å². The maximum atomic E-state index is 12.3. The van der Waals surface area contributed by atoms with E-state index in [2.05, 4.69) is 20.9 Å². The second-order valence-corrected chi connectivity index (χ2v) is 5.31. The average Bonchev–Trinajstić information content (AvgIpc) is 2.83. The van der Waals surface area contributed by atoms with Crippen molar-refractivity contribution in [2.24, 2.45) is 0 Å². The molecule has 2 aromatic rings. The zero-order valence-electron chi connectivity index (χ0n) is 9.42. The van der Waals surface area contributed by atoms with Gasteiger partial charge >= 0.3 is 0 Å². The molecular formula is C12H8BrN3OS. The number of rotatable bonds is 2. The maximum Gasteiger partial charge on any atom is 0.261 e. The van der Waals surface area contributed by atoms with Crippen molar-refractivity contribution in [2.45, 2.75) is 0 Å². The monoisotopic (exact) mass is 321 g/mol. The van der Waals surface area contributed by atoms with Crippen molar-refractivity contribution >= 4 is 38.2 Å². The third kappa shape index (κ3) is 2.42. The number of hydrogen-bond acceptors (Lipinski definition) is 4. The molecule has 0 aliphatic carbocycles. The standard InChI is InChI=1S/C12H8BrN3OS/c1-16(11-4-9(13)7-18-11)12(17)10-6-15-3-2-8(10)5-14/h2-4,6-7H,1H3. The van der Waals surface area contributed by atoms with Crippen LogP contribution in [-0.2, 0) is 0 Å². The van der Waals surface area contributed by atoms with Crippen LogP contribution in [0, 0.1) is 11.3 Å². The van der Waals surface area contributed by atoms with E-state index in [0.29, 0.717) is 11.1 Å². The molecule has 0 aliphatic rings. The lowest BCUT2D eigenvalue weighted by Crippen LogP contribution is -2.26. The molecule has 6 heteroatoms. The van der Waals surface area contributed by atoms with Gasteiger partial charge in [-0.3, -0.25) is 9.78 Å². The first kappa shape index (κ1) is 12.7. The van der Waals surface area contributed by atoms with Gasteiger partial charge in [0.25, 0.3) is 5.91 Å². The third-order valence-corrected chi connectivity index (χ3v) is 4.13. The van der Waals surface area contributed by atoms with Crippen LogP contribution < -0.4 is 4.90 Å². The quantitative estimate of drug-likeness (QED) is 0.854. The van der Waals surface area contributed by atoms with Gasteiger partial charge in [-0.2, -0.15) is 5.26 Å². The molecule has 0 aromatic carbocycles. The largest absolute Gasteiger partial charge is 0.303 e. The molecule has 0 radical (unpaired) electrons. The first-order valence-corrected chi connectivity index (χ1v) is 6.67. The summed E-state index contributed by atoms with van der Waals surface area (Å²) < 4.78 is 0.925. The summed E-state index contributed by atoms with van der Waals surface area (Å²) in [6, 6.07) is 5.38. The van der Waals surface area contributed by atoms with Crippen molar-refractivity contribution in [1.82, 2.24) is 4.98 Å². The number of nitrogens with zero attached hydrogens (tertiary/aromatic N) is 3. The van der Waals surface area contributed by atoms with E-state index in [9.17, 15) is 4.79 Å². The van der Waals surface area contributed by atoms with E-state index >= 15 is 0 Å². The summed E-state index contributed by atoms with van der Waals surface area (Å²) in [5, 5.41) is 11.7. The Labute approximate surface area is 117 Å². The number of aromatic nitrogens is 1. The van der Waals surface area contributed by atoms with E-state index in [1.807, 2.05) is 17.5 Å². The van der Waals surface area contributed by atoms with Gasteiger partial charge in [0.1, 0.15) is 6.07 Å². The van der Waals surface area contributed by atoms with Gasteiger partial charge in [0, 0.05) is 29.3 Å². The number of nitriles is 1. The molecule has 0 aliphatic heterocycles. The predicted octanol–water partition coefficient (Wildman–Crippen LogP) is 3.05. The molecule has 90 valence electrons. The fraction of sp³-hybridized carbons (Fsp3) is 0.0833. The molecule has 0 unspecified atom stereocenters. The molecule has 0 N–H and O–H groups in total. The van der Waals surface area contributed by atoms with E-state index in [1.165, 1.54) is 34.7 Å². The minimum atomic E-state index is -0.242. The van der Waals surface area contributed by atoms with Crippen LogP contribution in [-0.4, -0.2) is 17.9 Å². The third-order valence-electron chi connectivity index (χ3n) is 2.36. The fourth-order valence-corrected chi connectivity index (χ4v) is 2.81. The topological polar surface area (TPSA) is 57.0 Å². The Balaban J connectivity index is 2.35. The van der Waals surface area contributed by atoms with Crippen molar-refractivity contribution in [2.75, 3.05) is 11.9 Å². The van der Waals surface area contributed by atoms with Gasteiger partial charge in [-0.1, -0.05) is 0 Å². The average molecular weight is 322 g/mol. The van der Waals surface area contributed by atoms with E-state index in [4.69, 9.17) is 5.26 Å². The summed E-state index contributed by atoms with van der Waals surface area (Å²) in [5.74, 6) is -0.242. The summed E-state index contributed by atoms with van der Waals surface area (Å²) in [7, 11) is 1.68. The van der Waals surface area contributed by atoms with Gasteiger partial charge in [0.15, 0.2) is 0 Å². The molecule has 1 amide bonds. The number of halogens is 1. The smallest absolute Gasteiger partial charge is 0.261 e. The minimum absolute atomic E-state index is 0.242. The van der Waals surface area contributed by atoms with Crippen LogP contribution in [0.25, 0.3) is 0 Å². The molecule has 2 rings (SSSR count). The summed E-state index contributed by atoms with van der Waals surface area (Å²) >= 11 is 4.79. The second-order valence-electron chi connectivity index (χ2n) is 3.50. The Kier molecular flexibility index (Phi) is 3.75. The highest BCUT2D eigenvalue weighted by molar-refractivity contribution is 9.10. The second kappa shape index (κ2) is 5.29. The van der Waals surface area contributed by atoms with E-state index in [1.54, 1.807) is 7.05 Å². The van der Waals surface area contributed by atoms with Crippen LogP contribution in [0.5, 0.6) is 0 Å². The fourth-order valence-electron chi connectivity index (χ4n) is 1.42. The van der Waals surface area contributed by atoms with Gasteiger partial charge in [-0.25, -0.2) is 0 Å². The molecule has 2 heterocycles. The van der Waals surface area contributed by atoms with E-state index in [-0.39, 0.29) is 5.91 Å². The van der Waals surface area contributed by atoms with Gasteiger partial charge in [-0.15, -0.1) is 11.3 Å². The van der Waals surface area contributed by atoms with Crippen molar-refractivity contribution < 1.29 is 4.79 Å². The Hall–Kier alpha value is -1.71. The summed E-state index contributed by atoms with van der Waals surface area (Å²) in [6.07, 6.45) is 2.91. The van der Waals surface area contributed by atoms with Crippen molar-refractivity contribution in [3.8, 4) is 6.07 Å². The molecule has 18 heavy (non-hydrogen) atoms. The summed E-state index contributed by atoms with van der Waals surface area (Å²) in [4.78, 5) is 17.7. The molecule has 0 bridgehead atoms. The van der Waals surface area contributed by atoms with Crippen LogP contribution >= 0.6 is 27.3 Å².